The summed E-state index contributed by atoms with van der Waals surface area (Å²) in [5.74, 6) is 0.444. The van der Waals surface area contributed by atoms with Gasteiger partial charge in [-0.3, -0.25) is 0 Å². The van der Waals surface area contributed by atoms with Gasteiger partial charge in [0.15, 0.2) is 9.84 Å². The first-order chi connectivity index (χ1) is 5.91. The van der Waals surface area contributed by atoms with Crippen molar-refractivity contribution in [2.24, 2.45) is 5.92 Å². The van der Waals surface area contributed by atoms with E-state index in [1.807, 2.05) is 13.8 Å². The van der Waals surface area contributed by atoms with Crippen LogP contribution in [0.25, 0.3) is 0 Å². The molecule has 0 aromatic carbocycles. The Morgan fingerprint density at radius 3 is 2.46 bits per heavy atom. The van der Waals surface area contributed by atoms with Crippen molar-refractivity contribution in [1.29, 1.82) is 0 Å². The first kappa shape index (κ1) is 10.9. The van der Waals surface area contributed by atoms with Crippen LogP contribution in [0.5, 0.6) is 0 Å². The van der Waals surface area contributed by atoms with Gasteiger partial charge in [-0.2, -0.15) is 0 Å². The zero-order valence-corrected chi connectivity index (χ0v) is 8.84. The van der Waals surface area contributed by atoms with Crippen LogP contribution in [0.1, 0.15) is 13.8 Å². The summed E-state index contributed by atoms with van der Waals surface area (Å²) in [5, 5.41) is 12.5. The largest absolute Gasteiger partial charge is 0.390 e. The van der Waals surface area contributed by atoms with Gasteiger partial charge in [0.2, 0.25) is 0 Å². The van der Waals surface area contributed by atoms with Crippen LogP contribution >= 0.6 is 0 Å². The molecule has 1 heterocycles. The van der Waals surface area contributed by atoms with E-state index < -0.39 is 15.9 Å². The predicted octanol–water partition coefficient (Wildman–Crippen LogP) is -0.610. The molecule has 0 saturated carbocycles. The number of nitrogens with one attached hydrogen (secondary N) is 1. The number of rotatable bonds is 3. The molecule has 0 unspecified atom stereocenters. The zero-order valence-electron chi connectivity index (χ0n) is 8.03. The maximum absolute atomic E-state index is 11.1. The van der Waals surface area contributed by atoms with Gasteiger partial charge >= 0.3 is 0 Å². The molecule has 1 aliphatic rings. The summed E-state index contributed by atoms with van der Waals surface area (Å²) >= 11 is 0. The molecule has 5 heteroatoms. The van der Waals surface area contributed by atoms with Gasteiger partial charge < -0.3 is 10.4 Å². The standard InChI is InChI=1S/C8H17NO3S/c1-6(2)3-9-7-4-13(11,12)5-8(7)10/h6-10H,3-5H2,1-2H3/t7-,8+/m1/s1. The van der Waals surface area contributed by atoms with Crippen LogP contribution in [-0.2, 0) is 9.84 Å². The van der Waals surface area contributed by atoms with Crippen LogP contribution in [0.15, 0.2) is 0 Å². The number of hydrogen-bond acceptors (Lipinski definition) is 4. The molecule has 1 fully saturated rings. The van der Waals surface area contributed by atoms with Gasteiger partial charge in [-0.1, -0.05) is 13.8 Å². The number of hydrogen-bond donors (Lipinski definition) is 2. The fraction of sp³-hybridized carbons (Fsp3) is 1.00. The average Bonchev–Trinajstić information content (AvgIpc) is 2.20. The molecule has 4 nitrogen and oxygen atoms in total. The first-order valence-electron chi connectivity index (χ1n) is 4.52. The van der Waals surface area contributed by atoms with Crippen molar-refractivity contribution in [1.82, 2.24) is 5.32 Å². The van der Waals surface area contributed by atoms with Gasteiger partial charge in [0.25, 0.3) is 0 Å². The van der Waals surface area contributed by atoms with Crippen molar-refractivity contribution in [2.45, 2.75) is 26.0 Å². The van der Waals surface area contributed by atoms with Crippen molar-refractivity contribution < 1.29 is 13.5 Å². The Morgan fingerprint density at radius 1 is 1.46 bits per heavy atom. The van der Waals surface area contributed by atoms with Crippen molar-refractivity contribution in [3.05, 3.63) is 0 Å². The Bertz CT molecular complexity index is 261. The maximum Gasteiger partial charge on any atom is 0.154 e. The predicted molar refractivity (Wildman–Crippen MR) is 51.3 cm³/mol. The average molecular weight is 207 g/mol. The van der Waals surface area contributed by atoms with Crippen LogP contribution in [0, 0.1) is 5.92 Å². The third-order valence-electron chi connectivity index (χ3n) is 2.11. The lowest BCUT2D eigenvalue weighted by molar-refractivity contribution is 0.164. The van der Waals surface area contributed by atoms with Gasteiger partial charge in [-0.15, -0.1) is 0 Å². The van der Waals surface area contributed by atoms with Crippen molar-refractivity contribution >= 4 is 9.84 Å². The second-order valence-electron chi connectivity index (χ2n) is 4.05. The zero-order chi connectivity index (χ0) is 10.1. The second kappa shape index (κ2) is 3.94. The van der Waals surface area contributed by atoms with Crippen molar-refractivity contribution in [2.75, 3.05) is 18.1 Å². The van der Waals surface area contributed by atoms with E-state index >= 15 is 0 Å². The van der Waals surface area contributed by atoms with E-state index in [0.717, 1.165) is 6.54 Å². The monoisotopic (exact) mass is 207 g/mol. The SMILES string of the molecule is CC(C)CN[C@@H]1CS(=O)(=O)C[C@@H]1O. The molecule has 0 aromatic heterocycles. The fourth-order valence-corrected chi connectivity index (χ4v) is 3.19. The minimum Gasteiger partial charge on any atom is -0.390 e. The highest BCUT2D eigenvalue weighted by Gasteiger charge is 2.35. The Morgan fingerprint density at radius 2 is 2.08 bits per heavy atom. The van der Waals surface area contributed by atoms with E-state index in [-0.39, 0.29) is 17.5 Å². The summed E-state index contributed by atoms with van der Waals surface area (Å²) in [6, 6.07) is -0.271. The molecule has 1 aliphatic heterocycles. The van der Waals surface area contributed by atoms with Gasteiger partial charge in [-0.05, 0) is 12.5 Å². The number of sulfone groups is 1. The third-order valence-corrected chi connectivity index (χ3v) is 3.83. The Hall–Kier alpha value is -0.130. The van der Waals surface area contributed by atoms with Crippen LogP contribution in [-0.4, -0.2) is 43.7 Å². The summed E-state index contributed by atoms with van der Waals surface area (Å²) in [7, 11) is -3.01. The second-order valence-corrected chi connectivity index (χ2v) is 6.21. The summed E-state index contributed by atoms with van der Waals surface area (Å²) in [6.45, 7) is 4.84. The van der Waals surface area contributed by atoms with Crippen LogP contribution in [0.4, 0.5) is 0 Å². The smallest absolute Gasteiger partial charge is 0.154 e. The molecule has 0 aromatic rings. The minimum absolute atomic E-state index is 0.0703. The lowest BCUT2D eigenvalue weighted by atomic mass is 10.1. The van der Waals surface area contributed by atoms with Crippen LogP contribution < -0.4 is 5.32 Å². The number of aliphatic hydroxyl groups excluding tert-OH is 1. The molecular formula is C8H17NO3S. The molecular weight excluding hydrogens is 190 g/mol. The van der Waals surface area contributed by atoms with Gasteiger partial charge in [-0.25, -0.2) is 8.42 Å². The molecule has 0 spiro atoms. The van der Waals surface area contributed by atoms with E-state index in [1.54, 1.807) is 0 Å². The molecule has 1 rings (SSSR count). The van der Waals surface area contributed by atoms with Crippen molar-refractivity contribution in [3.63, 3.8) is 0 Å². The minimum atomic E-state index is -3.01. The molecule has 2 atom stereocenters. The molecule has 1 saturated heterocycles. The lowest BCUT2D eigenvalue weighted by Gasteiger charge is -2.16. The van der Waals surface area contributed by atoms with Gasteiger partial charge in [0.1, 0.15) is 0 Å². The van der Waals surface area contributed by atoms with E-state index in [2.05, 4.69) is 5.32 Å². The molecule has 13 heavy (non-hydrogen) atoms. The van der Waals surface area contributed by atoms with Crippen LogP contribution in [0.2, 0.25) is 0 Å². The normalized spacial score (nSPS) is 32.6. The summed E-state index contributed by atoms with van der Waals surface area (Å²) in [4.78, 5) is 0. The maximum atomic E-state index is 11.1. The Labute approximate surface area is 79.3 Å². The van der Waals surface area contributed by atoms with E-state index in [9.17, 15) is 13.5 Å². The molecule has 0 aliphatic carbocycles. The highest BCUT2D eigenvalue weighted by Crippen LogP contribution is 2.12. The summed E-state index contributed by atoms with van der Waals surface area (Å²) in [5.41, 5.74) is 0. The first-order valence-corrected chi connectivity index (χ1v) is 6.35. The third kappa shape index (κ3) is 3.25. The highest BCUT2D eigenvalue weighted by atomic mass is 32.2. The van der Waals surface area contributed by atoms with Gasteiger partial charge in [0.05, 0.1) is 17.6 Å². The summed E-state index contributed by atoms with van der Waals surface area (Å²) < 4.78 is 22.2. The van der Waals surface area contributed by atoms with Crippen LogP contribution in [0.3, 0.4) is 0 Å². The summed E-state index contributed by atoms with van der Waals surface area (Å²) in [6.07, 6.45) is -0.733. The van der Waals surface area contributed by atoms with E-state index in [1.165, 1.54) is 0 Å². The number of aliphatic hydroxyl groups is 1. The Kier molecular flexibility index (Phi) is 3.32. The van der Waals surface area contributed by atoms with E-state index in [0.29, 0.717) is 5.92 Å². The highest BCUT2D eigenvalue weighted by molar-refractivity contribution is 7.91. The van der Waals surface area contributed by atoms with Crippen molar-refractivity contribution in [3.8, 4) is 0 Å². The topological polar surface area (TPSA) is 66.4 Å². The Balaban J connectivity index is 2.44. The van der Waals surface area contributed by atoms with E-state index in [4.69, 9.17) is 0 Å². The molecule has 0 bridgehead atoms. The molecule has 2 N–H and O–H groups in total. The molecule has 78 valence electrons. The fourth-order valence-electron chi connectivity index (χ4n) is 1.41. The molecule has 0 radical (unpaired) electrons. The lowest BCUT2D eigenvalue weighted by Crippen LogP contribution is -2.40. The van der Waals surface area contributed by atoms with Gasteiger partial charge in [0, 0.05) is 6.04 Å². The molecule has 0 amide bonds. The quantitative estimate of drug-likeness (QED) is 0.648.